The molecule has 0 saturated heterocycles. The van der Waals surface area contributed by atoms with Crippen LogP contribution in [0.2, 0.25) is 5.02 Å². The van der Waals surface area contributed by atoms with Crippen molar-refractivity contribution in [3.63, 3.8) is 0 Å². The van der Waals surface area contributed by atoms with E-state index in [1.54, 1.807) is 6.92 Å². The molecular formula is C13H18ClFN2O3S. The number of nitrogens with zero attached hydrogens (tertiary/aromatic N) is 1. The first-order chi connectivity index (χ1) is 9.79. The Morgan fingerprint density at radius 2 is 2.10 bits per heavy atom. The molecule has 1 N–H and O–H groups in total. The van der Waals surface area contributed by atoms with E-state index in [0.29, 0.717) is 6.42 Å². The zero-order chi connectivity index (χ0) is 16.0. The number of nitrogens with one attached hydrogen (secondary N) is 1. The fourth-order valence-electron chi connectivity index (χ4n) is 1.67. The first-order valence-corrected chi connectivity index (χ1v) is 8.44. The second-order valence-electron chi connectivity index (χ2n) is 4.43. The summed E-state index contributed by atoms with van der Waals surface area (Å²) >= 11 is 5.78. The summed E-state index contributed by atoms with van der Waals surface area (Å²) < 4.78 is 37.8. The van der Waals surface area contributed by atoms with Gasteiger partial charge < -0.3 is 5.32 Å². The second-order valence-corrected chi connectivity index (χ2v) is 7.20. The van der Waals surface area contributed by atoms with E-state index < -0.39 is 21.7 Å². The predicted octanol–water partition coefficient (Wildman–Crippen LogP) is 1.88. The third-order valence-electron chi connectivity index (χ3n) is 2.96. The molecule has 118 valence electrons. The Balaban J connectivity index is 2.49. The SMILES string of the molecule is CCS(=O)(=O)N(C)CCCNC(=O)c1c(F)cccc1Cl. The number of amides is 1. The monoisotopic (exact) mass is 336 g/mol. The molecule has 0 bridgehead atoms. The molecule has 1 rings (SSSR count). The van der Waals surface area contributed by atoms with Crippen molar-refractivity contribution < 1.29 is 17.6 Å². The highest BCUT2D eigenvalue weighted by Gasteiger charge is 2.16. The molecule has 0 aliphatic rings. The maximum Gasteiger partial charge on any atom is 0.255 e. The van der Waals surface area contributed by atoms with Crippen LogP contribution in [0.5, 0.6) is 0 Å². The van der Waals surface area contributed by atoms with Gasteiger partial charge in [-0.1, -0.05) is 17.7 Å². The van der Waals surface area contributed by atoms with Gasteiger partial charge in [-0.15, -0.1) is 0 Å². The summed E-state index contributed by atoms with van der Waals surface area (Å²) in [6, 6.07) is 4.00. The lowest BCUT2D eigenvalue weighted by molar-refractivity contribution is 0.0949. The van der Waals surface area contributed by atoms with Crippen LogP contribution in [-0.2, 0) is 10.0 Å². The zero-order valence-corrected chi connectivity index (χ0v) is 13.5. The molecule has 1 aromatic rings. The smallest absolute Gasteiger partial charge is 0.255 e. The van der Waals surface area contributed by atoms with Crippen molar-refractivity contribution in [1.82, 2.24) is 9.62 Å². The van der Waals surface area contributed by atoms with Crippen molar-refractivity contribution in [2.24, 2.45) is 0 Å². The quantitative estimate of drug-likeness (QED) is 0.773. The summed E-state index contributed by atoms with van der Waals surface area (Å²) in [5, 5.41) is 2.56. The normalized spacial score (nSPS) is 11.7. The van der Waals surface area contributed by atoms with Gasteiger partial charge in [0.1, 0.15) is 5.82 Å². The largest absolute Gasteiger partial charge is 0.352 e. The Morgan fingerprint density at radius 1 is 1.43 bits per heavy atom. The molecule has 8 heteroatoms. The van der Waals surface area contributed by atoms with Crippen LogP contribution in [0, 0.1) is 5.82 Å². The maximum atomic E-state index is 13.5. The van der Waals surface area contributed by atoms with E-state index in [2.05, 4.69) is 5.32 Å². The molecule has 0 saturated carbocycles. The van der Waals surface area contributed by atoms with E-state index >= 15 is 0 Å². The highest BCUT2D eigenvalue weighted by Crippen LogP contribution is 2.18. The Bertz CT molecular complexity index is 587. The highest BCUT2D eigenvalue weighted by atomic mass is 35.5. The minimum atomic E-state index is -3.22. The van der Waals surface area contributed by atoms with Crippen LogP contribution in [0.3, 0.4) is 0 Å². The summed E-state index contributed by atoms with van der Waals surface area (Å²) in [6.07, 6.45) is 0.424. The molecule has 0 heterocycles. The number of rotatable bonds is 7. The standard InChI is InChI=1S/C13H18ClFN2O3S/c1-3-21(19,20)17(2)9-5-8-16-13(18)12-10(14)6-4-7-11(12)15/h4,6-7H,3,5,8-9H2,1-2H3,(H,16,18). The first kappa shape index (κ1) is 17.9. The van der Waals surface area contributed by atoms with E-state index in [4.69, 9.17) is 11.6 Å². The van der Waals surface area contributed by atoms with Crippen LogP contribution in [0.4, 0.5) is 4.39 Å². The van der Waals surface area contributed by atoms with Crippen LogP contribution in [-0.4, -0.2) is 44.5 Å². The lowest BCUT2D eigenvalue weighted by Crippen LogP contribution is -2.32. The fourth-order valence-corrected chi connectivity index (χ4v) is 2.76. The molecule has 0 aliphatic heterocycles. The van der Waals surface area contributed by atoms with Gasteiger partial charge in [-0.3, -0.25) is 4.79 Å². The fraction of sp³-hybridized carbons (Fsp3) is 0.462. The molecule has 21 heavy (non-hydrogen) atoms. The molecule has 0 aliphatic carbocycles. The van der Waals surface area contributed by atoms with Gasteiger partial charge in [0.25, 0.3) is 5.91 Å². The first-order valence-electron chi connectivity index (χ1n) is 6.45. The Kier molecular flexibility index (Phi) is 6.57. The van der Waals surface area contributed by atoms with Gasteiger partial charge in [-0.05, 0) is 25.5 Å². The van der Waals surface area contributed by atoms with Crippen LogP contribution in [0.1, 0.15) is 23.7 Å². The van der Waals surface area contributed by atoms with E-state index in [0.717, 1.165) is 6.07 Å². The van der Waals surface area contributed by atoms with E-state index in [9.17, 15) is 17.6 Å². The van der Waals surface area contributed by atoms with Crippen molar-refractivity contribution in [1.29, 1.82) is 0 Å². The van der Waals surface area contributed by atoms with Gasteiger partial charge >= 0.3 is 0 Å². The molecule has 5 nitrogen and oxygen atoms in total. The molecule has 1 amide bonds. The zero-order valence-electron chi connectivity index (χ0n) is 11.9. The number of hydrogen-bond acceptors (Lipinski definition) is 3. The van der Waals surface area contributed by atoms with Gasteiger partial charge in [0.05, 0.1) is 16.3 Å². The predicted molar refractivity (Wildman–Crippen MR) is 80.5 cm³/mol. The van der Waals surface area contributed by atoms with Crippen molar-refractivity contribution in [2.75, 3.05) is 25.9 Å². The topological polar surface area (TPSA) is 66.5 Å². The number of carbonyl (C=O) groups excluding carboxylic acids is 1. The average molecular weight is 337 g/mol. The Labute approximate surface area is 129 Å². The summed E-state index contributed by atoms with van der Waals surface area (Å²) in [5.41, 5.74) is -0.200. The van der Waals surface area contributed by atoms with E-state index in [1.165, 1.54) is 23.5 Å². The minimum Gasteiger partial charge on any atom is -0.352 e. The van der Waals surface area contributed by atoms with Gasteiger partial charge in [-0.25, -0.2) is 17.1 Å². The lowest BCUT2D eigenvalue weighted by atomic mass is 10.2. The Morgan fingerprint density at radius 3 is 2.67 bits per heavy atom. The summed E-state index contributed by atoms with van der Waals surface area (Å²) in [4.78, 5) is 11.8. The molecule has 0 spiro atoms. The third kappa shape index (κ3) is 4.94. The maximum absolute atomic E-state index is 13.5. The number of hydrogen-bond donors (Lipinski definition) is 1. The van der Waals surface area contributed by atoms with E-state index in [1.807, 2.05) is 0 Å². The molecule has 0 atom stereocenters. The highest BCUT2D eigenvalue weighted by molar-refractivity contribution is 7.89. The van der Waals surface area contributed by atoms with Gasteiger partial charge in [0.2, 0.25) is 10.0 Å². The van der Waals surface area contributed by atoms with Crippen molar-refractivity contribution >= 4 is 27.5 Å². The van der Waals surface area contributed by atoms with Gasteiger partial charge in [0, 0.05) is 20.1 Å². The molecule has 0 unspecified atom stereocenters. The van der Waals surface area contributed by atoms with Crippen molar-refractivity contribution in [3.8, 4) is 0 Å². The second kappa shape index (κ2) is 7.72. The molecular weight excluding hydrogens is 319 g/mol. The number of carbonyl (C=O) groups is 1. The summed E-state index contributed by atoms with van der Waals surface area (Å²) in [7, 11) is -1.74. The van der Waals surface area contributed by atoms with Gasteiger partial charge in [0.15, 0.2) is 0 Å². The number of sulfonamides is 1. The lowest BCUT2D eigenvalue weighted by Gasteiger charge is -2.16. The number of halogens is 2. The third-order valence-corrected chi connectivity index (χ3v) is 5.14. The van der Waals surface area contributed by atoms with Crippen LogP contribution in [0.15, 0.2) is 18.2 Å². The molecule has 0 fully saturated rings. The molecule has 0 radical (unpaired) electrons. The van der Waals surface area contributed by atoms with Crippen molar-refractivity contribution in [3.05, 3.63) is 34.6 Å². The summed E-state index contributed by atoms with van der Waals surface area (Å²) in [6.45, 7) is 2.07. The van der Waals surface area contributed by atoms with Crippen LogP contribution < -0.4 is 5.32 Å². The van der Waals surface area contributed by atoms with Crippen LogP contribution >= 0.6 is 11.6 Å². The number of benzene rings is 1. The van der Waals surface area contributed by atoms with E-state index in [-0.39, 0.29) is 29.4 Å². The molecule has 1 aromatic carbocycles. The summed E-state index contributed by atoms with van der Waals surface area (Å²) in [5.74, 6) is -1.27. The van der Waals surface area contributed by atoms with Crippen LogP contribution in [0.25, 0.3) is 0 Å². The minimum absolute atomic E-state index is 0.0285. The average Bonchev–Trinajstić information content (AvgIpc) is 2.43. The Hall–Kier alpha value is -1.18. The molecule has 0 aromatic heterocycles. The van der Waals surface area contributed by atoms with Crippen molar-refractivity contribution in [2.45, 2.75) is 13.3 Å². The van der Waals surface area contributed by atoms with Gasteiger partial charge in [-0.2, -0.15) is 0 Å².